The maximum atomic E-state index is 6.11. The van der Waals surface area contributed by atoms with Crippen molar-refractivity contribution in [1.82, 2.24) is 14.8 Å². The highest BCUT2D eigenvalue weighted by molar-refractivity contribution is 6.30. The van der Waals surface area contributed by atoms with Gasteiger partial charge in [-0.1, -0.05) is 42.8 Å². The van der Waals surface area contributed by atoms with E-state index in [1.165, 1.54) is 5.56 Å². The second-order valence-corrected chi connectivity index (χ2v) is 7.46. The van der Waals surface area contributed by atoms with Crippen LogP contribution in [-0.2, 0) is 0 Å². The third kappa shape index (κ3) is 5.51. The summed E-state index contributed by atoms with van der Waals surface area (Å²) in [4.78, 5) is 14.2. The molecule has 1 aromatic heterocycles. The number of pyridine rings is 1. The van der Waals surface area contributed by atoms with Crippen molar-refractivity contribution in [2.45, 2.75) is 26.3 Å². The minimum absolute atomic E-state index is 0.153. The van der Waals surface area contributed by atoms with E-state index >= 15 is 0 Å². The van der Waals surface area contributed by atoms with Crippen LogP contribution < -0.4 is 0 Å². The van der Waals surface area contributed by atoms with Gasteiger partial charge in [0.15, 0.2) is 0 Å². The third-order valence-electron chi connectivity index (χ3n) is 5.08. The van der Waals surface area contributed by atoms with Crippen molar-refractivity contribution >= 4 is 17.8 Å². The Morgan fingerprint density at radius 1 is 1.14 bits per heavy atom. The fraction of sp³-hybridized carbons (Fsp3) is 0.391. The molecule has 0 bridgehead atoms. The van der Waals surface area contributed by atoms with Crippen molar-refractivity contribution < 1.29 is 0 Å². The van der Waals surface area contributed by atoms with E-state index in [9.17, 15) is 0 Å². The molecule has 4 nitrogen and oxygen atoms in total. The van der Waals surface area contributed by atoms with Crippen molar-refractivity contribution in [3.8, 4) is 0 Å². The summed E-state index contributed by atoms with van der Waals surface area (Å²) < 4.78 is 0. The highest BCUT2D eigenvalue weighted by Crippen LogP contribution is 2.29. The molecule has 2 heterocycles. The van der Waals surface area contributed by atoms with Crippen LogP contribution in [0.1, 0.15) is 37.6 Å². The predicted molar refractivity (Wildman–Crippen MR) is 118 cm³/mol. The highest BCUT2D eigenvalue weighted by atomic mass is 35.5. The van der Waals surface area contributed by atoms with Gasteiger partial charge in [0, 0.05) is 55.9 Å². The maximum absolute atomic E-state index is 6.11. The van der Waals surface area contributed by atoms with Gasteiger partial charge in [-0.2, -0.15) is 0 Å². The lowest BCUT2D eigenvalue weighted by Crippen LogP contribution is -2.48. The molecule has 0 N–H and O–H groups in total. The van der Waals surface area contributed by atoms with Gasteiger partial charge in [0.05, 0.1) is 11.7 Å². The van der Waals surface area contributed by atoms with Gasteiger partial charge in [0.1, 0.15) is 0 Å². The number of nitrogens with zero attached hydrogens (tertiary/aromatic N) is 4. The van der Waals surface area contributed by atoms with Crippen molar-refractivity contribution in [1.29, 1.82) is 0 Å². The lowest BCUT2D eigenvalue weighted by molar-refractivity contribution is 0.114. The van der Waals surface area contributed by atoms with E-state index in [1.54, 1.807) is 0 Å². The summed E-state index contributed by atoms with van der Waals surface area (Å²) >= 11 is 6.11. The van der Waals surface area contributed by atoms with Gasteiger partial charge in [0.2, 0.25) is 0 Å². The predicted octanol–water partition coefficient (Wildman–Crippen LogP) is 4.83. The van der Waals surface area contributed by atoms with Gasteiger partial charge >= 0.3 is 0 Å². The second kappa shape index (κ2) is 10.5. The van der Waals surface area contributed by atoms with Gasteiger partial charge in [-0.25, -0.2) is 0 Å². The molecule has 1 aromatic carbocycles. The molecular formula is C23H29ClN4. The fourth-order valence-electron chi connectivity index (χ4n) is 3.58. The van der Waals surface area contributed by atoms with Crippen LogP contribution in [0.2, 0.25) is 5.02 Å². The minimum Gasteiger partial charge on any atom is -0.295 e. The van der Waals surface area contributed by atoms with Crippen LogP contribution in [0.25, 0.3) is 0 Å². The van der Waals surface area contributed by atoms with Crippen molar-refractivity contribution in [2.75, 3.05) is 32.7 Å². The number of aromatic nitrogens is 1. The van der Waals surface area contributed by atoms with Crippen molar-refractivity contribution in [3.63, 3.8) is 0 Å². The molecule has 1 unspecified atom stereocenters. The van der Waals surface area contributed by atoms with Crippen LogP contribution in [0, 0.1) is 0 Å². The molecule has 5 heteroatoms. The average molecular weight is 397 g/mol. The summed E-state index contributed by atoms with van der Waals surface area (Å²) in [5.41, 5.74) is 3.47. The van der Waals surface area contributed by atoms with Crippen LogP contribution in [0.4, 0.5) is 0 Å². The van der Waals surface area contributed by atoms with Crippen LogP contribution in [0.3, 0.4) is 0 Å². The summed E-state index contributed by atoms with van der Waals surface area (Å²) in [7, 11) is 0. The Morgan fingerprint density at radius 3 is 2.50 bits per heavy atom. The van der Waals surface area contributed by atoms with Crippen LogP contribution >= 0.6 is 11.6 Å². The fourth-order valence-corrected chi connectivity index (χ4v) is 3.70. The maximum Gasteiger partial charge on any atom is 0.0777 e. The Kier molecular flexibility index (Phi) is 7.78. The van der Waals surface area contributed by atoms with Crippen molar-refractivity contribution in [3.05, 3.63) is 76.7 Å². The molecule has 1 atom stereocenters. The van der Waals surface area contributed by atoms with Gasteiger partial charge < -0.3 is 0 Å². The first kappa shape index (κ1) is 20.7. The van der Waals surface area contributed by atoms with Gasteiger partial charge in [0.25, 0.3) is 0 Å². The van der Waals surface area contributed by atoms with Crippen molar-refractivity contribution in [2.24, 2.45) is 4.99 Å². The molecule has 1 aliphatic heterocycles. The molecule has 0 amide bonds. The molecular weight excluding hydrogens is 368 g/mol. The molecule has 2 aromatic rings. The molecule has 1 fully saturated rings. The zero-order valence-electron chi connectivity index (χ0n) is 16.8. The molecule has 1 saturated heterocycles. The topological polar surface area (TPSA) is 31.7 Å². The Morgan fingerprint density at radius 2 is 1.89 bits per heavy atom. The molecule has 148 valence electrons. The highest BCUT2D eigenvalue weighted by Gasteiger charge is 2.27. The van der Waals surface area contributed by atoms with E-state index in [0.717, 1.165) is 55.6 Å². The average Bonchev–Trinajstić information content (AvgIpc) is 2.74. The Balaban J connectivity index is 1.71. The van der Waals surface area contributed by atoms with Gasteiger partial charge in [-0.3, -0.25) is 19.8 Å². The normalized spacial score (nSPS) is 17.9. The van der Waals surface area contributed by atoms with E-state index < -0.39 is 0 Å². The summed E-state index contributed by atoms with van der Waals surface area (Å²) in [5.74, 6) is 0. The number of hydrogen-bond acceptors (Lipinski definition) is 4. The lowest BCUT2D eigenvalue weighted by Gasteiger charge is -2.39. The molecule has 0 spiro atoms. The SMILES string of the molecule is C/C=C(/CN1CCN(C(c2ccc(Cl)cc2)c2ccccn2)CC1)N=CCC. The number of hydrogen-bond donors (Lipinski definition) is 0. The third-order valence-corrected chi connectivity index (χ3v) is 5.34. The first-order valence-electron chi connectivity index (χ1n) is 10.0. The van der Waals surface area contributed by atoms with Gasteiger partial charge in [-0.15, -0.1) is 0 Å². The molecule has 28 heavy (non-hydrogen) atoms. The molecule has 0 radical (unpaired) electrons. The van der Waals surface area contributed by atoms with Gasteiger partial charge in [-0.05, 0) is 43.2 Å². The Hall–Kier alpha value is -2.01. The number of rotatable bonds is 7. The number of allylic oxidation sites excluding steroid dienone is 1. The lowest BCUT2D eigenvalue weighted by atomic mass is 10.0. The van der Waals surface area contributed by atoms with Crippen LogP contribution in [0.5, 0.6) is 0 Å². The summed E-state index contributed by atoms with van der Waals surface area (Å²) in [6.45, 7) is 9.14. The second-order valence-electron chi connectivity index (χ2n) is 7.02. The zero-order valence-corrected chi connectivity index (χ0v) is 17.5. The number of halogens is 1. The van der Waals surface area contributed by atoms with E-state index in [-0.39, 0.29) is 6.04 Å². The molecule has 1 aliphatic rings. The first-order valence-corrected chi connectivity index (χ1v) is 10.4. The Labute approximate surface area is 173 Å². The monoisotopic (exact) mass is 396 g/mol. The first-order chi connectivity index (χ1) is 13.7. The van der Waals surface area contributed by atoms with E-state index in [1.807, 2.05) is 30.6 Å². The number of piperazine rings is 1. The smallest absolute Gasteiger partial charge is 0.0777 e. The minimum atomic E-state index is 0.153. The van der Waals surface area contributed by atoms with E-state index in [0.29, 0.717) is 0 Å². The molecule has 0 saturated carbocycles. The molecule has 0 aliphatic carbocycles. The van der Waals surface area contributed by atoms with E-state index in [4.69, 9.17) is 11.6 Å². The summed E-state index contributed by atoms with van der Waals surface area (Å²) in [6.07, 6.45) is 6.95. The quantitative estimate of drug-likeness (QED) is 0.628. The molecule has 3 rings (SSSR count). The van der Waals surface area contributed by atoms with E-state index in [2.05, 4.69) is 64.0 Å². The van der Waals surface area contributed by atoms with Crippen LogP contribution in [0.15, 0.2) is 65.4 Å². The Bertz CT molecular complexity index is 778. The number of benzene rings is 1. The largest absolute Gasteiger partial charge is 0.295 e. The standard InChI is InChI=1S/C23H29ClN4/c1-3-12-25-21(4-2)18-27-14-16-28(17-15-27)23(22-7-5-6-13-26-22)19-8-10-20(24)11-9-19/h4-13,23H,3,14-18H2,1-2H3/b21-4-,25-12?. The summed E-state index contributed by atoms with van der Waals surface area (Å²) in [5, 5.41) is 0.764. The zero-order chi connectivity index (χ0) is 19.8. The van der Waals surface area contributed by atoms with Crippen LogP contribution in [-0.4, -0.2) is 53.7 Å². The summed E-state index contributed by atoms with van der Waals surface area (Å²) in [6, 6.07) is 14.5. The number of aliphatic imine (C=N–C) groups is 1.